The smallest absolute Gasteiger partial charge is 0.324 e. The fourth-order valence-corrected chi connectivity index (χ4v) is 3.85. The number of likely N-dealkylation sites (tertiary alicyclic amines) is 1. The molecule has 0 radical (unpaired) electrons. The minimum atomic E-state index is -0.124. The molecular formula is C22H25N3O4. The number of methoxy groups -OCH3 is 1. The first-order chi connectivity index (χ1) is 14.2. The van der Waals surface area contributed by atoms with Gasteiger partial charge in [0, 0.05) is 19.0 Å². The van der Waals surface area contributed by atoms with Gasteiger partial charge in [0.25, 0.3) is 0 Å². The number of carbonyl (C=O) groups is 2. The normalized spacial score (nSPS) is 16.6. The van der Waals surface area contributed by atoms with Crippen molar-refractivity contribution in [3.63, 3.8) is 0 Å². The van der Waals surface area contributed by atoms with E-state index in [1.165, 1.54) is 0 Å². The Hall–Kier alpha value is -3.22. The lowest BCUT2D eigenvalue weighted by atomic mass is 9.96. The van der Waals surface area contributed by atoms with E-state index in [1.807, 2.05) is 53.4 Å². The number of amides is 3. The SMILES string of the molecule is COc1ccccc1NC(=O)C1CCN(C(=O)N2CCOc3ccccc32)CC1. The summed E-state index contributed by atoms with van der Waals surface area (Å²) in [6.07, 6.45) is 1.28. The summed E-state index contributed by atoms with van der Waals surface area (Å²) >= 11 is 0. The maximum atomic E-state index is 13.0. The number of carbonyl (C=O) groups excluding carboxylic acids is 2. The molecule has 0 atom stereocenters. The lowest BCUT2D eigenvalue weighted by Gasteiger charge is -2.37. The van der Waals surface area contributed by atoms with Crippen LogP contribution in [0.5, 0.6) is 11.5 Å². The van der Waals surface area contributed by atoms with Gasteiger partial charge in [0.1, 0.15) is 18.1 Å². The van der Waals surface area contributed by atoms with Gasteiger partial charge in [-0.05, 0) is 37.1 Å². The zero-order chi connectivity index (χ0) is 20.2. The van der Waals surface area contributed by atoms with E-state index in [9.17, 15) is 9.59 Å². The molecule has 2 aliphatic rings. The first-order valence-electron chi connectivity index (χ1n) is 9.89. The average molecular weight is 395 g/mol. The highest BCUT2D eigenvalue weighted by atomic mass is 16.5. The first kappa shape index (κ1) is 19.1. The van der Waals surface area contributed by atoms with Crippen LogP contribution < -0.4 is 19.7 Å². The molecule has 0 spiro atoms. The highest BCUT2D eigenvalue weighted by Crippen LogP contribution is 2.32. The summed E-state index contributed by atoms with van der Waals surface area (Å²) in [5.74, 6) is 1.22. The number of anilines is 2. The van der Waals surface area contributed by atoms with Crippen molar-refractivity contribution in [2.24, 2.45) is 5.92 Å². The second-order valence-corrected chi connectivity index (χ2v) is 7.20. The molecule has 2 aliphatic heterocycles. The van der Waals surface area contributed by atoms with E-state index >= 15 is 0 Å². The van der Waals surface area contributed by atoms with E-state index in [2.05, 4.69) is 5.32 Å². The number of benzene rings is 2. The van der Waals surface area contributed by atoms with Crippen LogP contribution >= 0.6 is 0 Å². The second-order valence-electron chi connectivity index (χ2n) is 7.20. The van der Waals surface area contributed by atoms with Gasteiger partial charge in [-0.2, -0.15) is 0 Å². The molecule has 2 aromatic rings. The van der Waals surface area contributed by atoms with Crippen LogP contribution in [0.2, 0.25) is 0 Å². The Morgan fingerprint density at radius 3 is 2.55 bits per heavy atom. The lowest BCUT2D eigenvalue weighted by Crippen LogP contribution is -2.50. The summed E-state index contributed by atoms with van der Waals surface area (Å²) < 4.78 is 10.9. The van der Waals surface area contributed by atoms with E-state index in [4.69, 9.17) is 9.47 Å². The zero-order valence-electron chi connectivity index (χ0n) is 16.5. The molecule has 7 nitrogen and oxygen atoms in total. The van der Waals surface area contributed by atoms with Crippen LogP contribution in [0.15, 0.2) is 48.5 Å². The van der Waals surface area contributed by atoms with Crippen molar-refractivity contribution in [3.8, 4) is 11.5 Å². The Morgan fingerprint density at radius 2 is 1.76 bits per heavy atom. The summed E-state index contributed by atoms with van der Waals surface area (Å²) in [5.41, 5.74) is 1.48. The molecule has 29 heavy (non-hydrogen) atoms. The van der Waals surface area contributed by atoms with Crippen molar-refractivity contribution in [2.75, 3.05) is 43.6 Å². The second kappa shape index (κ2) is 8.43. The molecule has 2 heterocycles. The summed E-state index contributed by atoms with van der Waals surface area (Å²) in [6.45, 7) is 2.13. The number of piperidine rings is 1. The number of hydrogen-bond acceptors (Lipinski definition) is 4. The molecule has 0 bridgehead atoms. The minimum Gasteiger partial charge on any atom is -0.495 e. The van der Waals surface area contributed by atoms with E-state index in [-0.39, 0.29) is 17.9 Å². The van der Waals surface area contributed by atoms with Crippen LogP contribution in [0.1, 0.15) is 12.8 Å². The Kier molecular flexibility index (Phi) is 5.55. The molecular weight excluding hydrogens is 370 g/mol. The van der Waals surface area contributed by atoms with Gasteiger partial charge < -0.3 is 19.7 Å². The van der Waals surface area contributed by atoms with Gasteiger partial charge in [-0.3, -0.25) is 9.69 Å². The lowest BCUT2D eigenvalue weighted by molar-refractivity contribution is -0.121. The molecule has 3 amide bonds. The molecule has 2 aromatic carbocycles. The summed E-state index contributed by atoms with van der Waals surface area (Å²) in [4.78, 5) is 29.3. The maximum Gasteiger partial charge on any atom is 0.324 e. The number of ether oxygens (including phenoxy) is 2. The fraction of sp³-hybridized carbons (Fsp3) is 0.364. The Bertz CT molecular complexity index is 893. The van der Waals surface area contributed by atoms with E-state index < -0.39 is 0 Å². The highest BCUT2D eigenvalue weighted by Gasteiger charge is 2.32. The summed E-state index contributed by atoms with van der Waals surface area (Å²) in [5, 5.41) is 2.96. The van der Waals surface area contributed by atoms with E-state index in [0.29, 0.717) is 50.5 Å². The predicted molar refractivity (Wildman–Crippen MR) is 111 cm³/mol. The first-order valence-corrected chi connectivity index (χ1v) is 9.89. The predicted octanol–water partition coefficient (Wildman–Crippen LogP) is 3.36. The highest BCUT2D eigenvalue weighted by molar-refractivity contribution is 5.95. The maximum absolute atomic E-state index is 13.0. The van der Waals surface area contributed by atoms with Gasteiger partial charge in [-0.15, -0.1) is 0 Å². The number of hydrogen-bond donors (Lipinski definition) is 1. The molecule has 152 valence electrons. The summed E-state index contributed by atoms with van der Waals surface area (Å²) in [7, 11) is 1.58. The minimum absolute atomic E-state index is 0.0238. The molecule has 1 fully saturated rings. The molecule has 1 N–H and O–H groups in total. The number of urea groups is 1. The van der Waals surface area contributed by atoms with E-state index in [0.717, 1.165) is 11.4 Å². The molecule has 0 saturated carbocycles. The van der Waals surface area contributed by atoms with Crippen molar-refractivity contribution in [1.29, 1.82) is 0 Å². The third-order valence-corrected chi connectivity index (χ3v) is 5.46. The molecule has 7 heteroatoms. The molecule has 0 aromatic heterocycles. The Labute approximate surface area is 170 Å². The molecule has 1 saturated heterocycles. The monoisotopic (exact) mass is 395 g/mol. The number of para-hydroxylation sites is 4. The molecule has 4 rings (SSSR count). The van der Waals surface area contributed by atoms with Crippen LogP contribution in [0.4, 0.5) is 16.2 Å². The number of fused-ring (bicyclic) bond motifs is 1. The Morgan fingerprint density at radius 1 is 1.03 bits per heavy atom. The van der Waals surface area contributed by atoms with Crippen molar-refractivity contribution in [2.45, 2.75) is 12.8 Å². The van der Waals surface area contributed by atoms with Crippen molar-refractivity contribution in [3.05, 3.63) is 48.5 Å². The summed E-state index contributed by atoms with van der Waals surface area (Å²) in [6, 6.07) is 14.9. The van der Waals surface area contributed by atoms with Gasteiger partial charge in [-0.25, -0.2) is 4.79 Å². The zero-order valence-corrected chi connectivity index (χ0v) is 16.5. The van der Waals surface area contributed by atoms with Crippen molar-refractivity contribution < 1.29 is 19.1 Å². The van der Waals surface area contributed by atoms with E-state index in [1.54, 1.807) is 12.0 Å². The number of nitrogens with one attached hydrogen (secondary N) is 1. The topological polar surface area (TPSA) is 71.1 Å². The fourth-order valence-electron chi connectivity index (χ4n) is 3.85. The Balaban J connectivity index is 1.36. The molecule has 0 unspecified atom stereocenters. The molecule has 0 aliphatic carbocycles. The van der Waals surface area contributed by atoms with Crippen LogP contribution in [-0.2, 0) is 4.79 Å². The van der Waals surface area contributed by atoms with Gasteiger partial charge in [0.05, 0.1) is 25.0 Å². The van der Waals surface area contributed by atoms with Crippen molar-refractivity contribution in [1.82, 2.24) is 4.90 Å². The quantitative estimate of drug-likeness (QED) is 0.865. The van der Waals surface area contributed by atoms with Crippen LogP contribution in [0.25, 0.3) is 0 Å². The third-order valence-electron chi connectivity index (χ3n) is 5.46. The van der Waals surface area contributed by atoms with Gasteiger partial charge >= 0.3 is 6.03 Å². The standard InChI is InChI=1S/C22H25N3O4/c1-28-19-8-4-2-6-17(19)23-21(26)16-10-12-24(13-11-16)22(27)25-14-15-29-20-9-5-3-7-18(20)25/h2-9,16H,10-15H2,1H3,(H,23,26). The van der Waals surface area contributed by atoms with Gasteiger partial charge in [0.15, 0.2) is 0 Å². The van der Waals surface area contributed by atoms with Crippen LogP contribution in [-0.4, -0.2) is 50.2 Å². The number of rotatable bonds is 3. The number of nitrogens with zero attached hydrogens (tertiary/aromatic N) is 2. The third kappa shape index (κ3) is 3.99. The van der Waals surface area contributed by atoms with Crippen LogP contribution in [0, 0.1) is 5.92 Å². The largest absolute Gasteiger partial charge is 0.495 e. The van der Waals surface area contributed by atoms with Gasteiger partial charge in [-0.1, -0.05) is 24.3 Å². The average Bonchev–Trinajstić information content (AvgIpc) is 2.78. The van der Waals surface area contributed by atoms with Gasteiger partial charge in [0.2, 0.25) is 5.91 Å². The van der Waals surface area contributed by atoms with Crippen LogP contribution in [0.3, 0.4) is 0 Å². The van der Waals surface area contributed by atoms with Crippen molar-refractivity contribution >= 4 is 23.3 Å².